The summed E-state index contributed by atoms with van der Waals surface area (Å²) in [6.07, 6.45) is 7.39. The molecule has 0 bridgehead atoms. The molecule has 1 atom stereocenters. The molecule has 7 nitrogen and oxygen atoms in total. The van der Waals surface area contributed by atoms with Gasteiger partial charge in [0.15, 0.2) is 0 Å². The zero-order chi connectivity index (χ0) is 19.3. The van der Waals surface area contributed by atoms with E-state index in [1.807, 2.05) is 30.3 Å². The molecule has 2 aromatic heterocycles. The lowest BCUT2D eigenvalue weighted by atomic mass is 9.93. The van der Waals surface area contributed by atoms with Gasteiger partial charge in [-0.1, -0.05) is 6.07 Å². The molecule has 1 fully saturated rings. The lowest BCUT2D eigenvalue weighted by Gasteiger charge is -2.33. The van der Waals surface area contributed by atoms with Crippen molar-refractivity contribution in [1.29, 1.82) is 0 Å². The van der Waals surface area contributed by atoms with E-state index >= 15 is 0 Å². The Hall–Kier alpha value is -2.03. The zero-order valence-corrected chi connectivity index (χ0v) is 16.7. The highest BCUT2D eigenvalue weighted by Gasteiger charge is 2.30. The third-order valence-corrected chi connectivity index (χ3v) is 6.76. The van der Waals surface area contributed by atoms with E-state index in [0.29, 0.717) is 19.0 Å². The van der Waals surface area contributed by atoms with E-state index in [1.165, 1.54) is 9.87 Å². The monoisotopic (exact) mass is 389 g/mol. The Balaban J connectivity index is 1.58. The van der Waals surface area contributed by atoms with Gasteiger partial charge in [0.05, 0.1) is 0 Å². The van der Waals surface area contributed by atoms with E-state index < -0.39 is 10.2 Å². The maximum Gasteiger partial charge on any atom is 0.281 e. The topological polar surface area (TPSA) is 78.4 Å². The average Bonchev–Trinajstić information content (AvgIpc) is 2.67. The number of nitrogens with one attached hydrogen (secondary N) is 1. The smallest absolute Gasteiger partial charge is 0.281 e. The van der Waals surface area contributed by atoms with Crippen LogP contribution in [-0.2, 0) is 16.6 Å². The number of anilines is 2. The molecular formula is C19H27N5O2S. The summed E-state index contributed by atoms with van der Waals surface area (Å²) >= 11 is 0. The fraction of sp³-hybridized carbons (Fsp3) is 0.474. The molecule has 1 aliphatic heterocycles. The molecule has 1 aliphatic rings. The van der Waals surface area contributed by atoms with E-state index in [4.69, 9.17) is 0 Å². The van der Waals surface area contributed by atoms with Crippen LogP contribution in [0.1, 0.15) is 24.8 Å². The second-order valence-corrected chi connectivity index (χ2v) is 9.23. The molecule has 0 unspecified atom stereocenters. The van der Waals surface area contributed by atoms with Crippen molar-refractivity contribution in [3.05, 3.63) is 48.3 Å². The van der Waals surface area contributed by atoms with Crippen LogP contribution in [0.5, 0.6) is 0 Å². The largest absolute Gasteiger partial charge is 0.325 e. The number of rotatable bonds is 7. The van der Waals surface area contributed by atoms with Crippen LogP contribution >= 0.6 is 0 Å². The predicted octanol–water partition coefficient (Wildman–Crippen LogP) is 2.67. The van der Waals surface area contributed by atoms with Gasteiger partial charge >= 0.3 is 0 Å². The minimum atomic E-state index is -3.32. The Bertz CT molecular complexity index is 842. The molecule has 1 N–H and O–H groups in total. The molecule has 1 saturated heterocycles. The van der Waals surface area contributed by atoms with Crippen LogP contribution in [0.4, 0.5) is 11.6 Å². The average molecular weight is 390 g/mol. The first-order valence-electron chi connectivity index (χ1n) is 9.26. The Kier molecular flexibility index (Phi) is 6.41. The molecule has 2 aromatic rings. The van der Waals surface area contributed by atoms with Crippen LogP contribution in [-0.4, -0.2) is 54.2 Å². The van der Waals surface area contributed by atoms with Gasteiger partial charge < -0.3 is 5.32 Å². The van der Waals surface area contributed by atoms with Crippen LogP contribution in [0.25, 0.3) is 0 Å². The Labute approximate surface area is 161 Å². The van der Waals surface area contributed by atoms with Gasteiger partial charge in [-0.25, -0.2) is 9.97 Å². The normalized spacial score (nSPS) is 18.6. The van der Waals surface area contributed by atoms with Gasteiger partial charge in [0.25, 0.3) is 10.2 Å². The van der Waals surface area contributed by atoms with E-state index in [0.717, 1.165) is 37.3 Å². The van der Waals surface area contributed by atoms with Crippen molar-refractivity contribution < 1.29 is 8.42 Å². The van der Waals surface area contributed by atoms with Gasteiger partial charge in [0, 0.05) is 39.6 Å². The number of pyridine rings is 2. The van der Waals surface area contributed by atoms with Gasteiger partial charge in [0.2, 0.25) is 0 Å². The summed E-state index contributed by atoms with van der Waals surface area (Å²) in [5, 5.41) is 3.21. The van der Waals surface area contributed by atoms with Crippen LogP contribution < -0.4 is 5.32 Å². The van der Waals surface area contributed by atoms with Crippen LogP contribution in [0.2, 0.25) is 0 Å². The van der Waals surface area contributed by atoms with Gasteiger partial charge in [0.1, 0.15) is 11.6 Å². The number of piperidine rings is 1. The quantitative estimate of drug-likeness (QED) is 0.788. The molecule has 146 valence electrons. The van der Waals surface area contributed by atoms with E-state index in [9.17, 15) is 8.42 Å². The molecule has 0 aliphatic carbocycles. The number of hydrogen-bond donors (Lipinski definition) is 1. The molecule has 27 heavy (non-hydrogen) atoms. The first-order valence-corrected chi connectivity index (χ1v) is 10.7. The lowest BCUT2D eigenvalue weighted by Crippen LogP contribution is -2.45. The summed E-state index contributed by atoms with van der Waals surface area (Å²) in [5.41, 5.74) is 1.19. The second kappa shape index (κ2) is 8.77. The van der Waals surface area contributed by atoms with Gasteiger partial charge in [-0.2, -0.15) is 17.0 Å². The Morgan fingerprint density at radius 3 is 2.74 bits per heavy atom. The third-order valence-electron chi connectivity index (χ3n) is 4.86. The summed E-state index contributed by atoms with van der Waals surface area (Å²) in [6, 6.07) is 9.75. The van der Waals surface area contributed by atoms with Crippen LogP contribution in [0.3, 0.4) is 0 Å². The SMILES string of the molecule is CN(C)S(=O)(=O)N1CCC[C@@H](CCc2ccnc(Nc3ccccn3)c2)C1. The Morgan fingerprint density at radius 2 is 2.00 bits per heavy atom. The molecule has 3 heterocycles. The minimum Gasteiger partial charge on any atom is -0.325 e. The van der Waals surface area contributed by atoms with Crippen molar-refractivity contribution in [3.8, 4) is 0 Å². The van der Waals surface area contributed by atoms with Crippen LogP contribution in [0, 0.1) is 5.92 Å². The van der Waals surface area contributed by atoms with E-state index in [2.05, 4.69) is 15.3 Å². The summed E-state index contributed by atoms with van der Waals surface area (Å²) in [5.74, 6) is 1.92. The maximum absolute atomic E-state index is 12.4. The number of aromatic nitrogens is 2. The first-order chi connectivity index (χ1) is 12.9. The summed E-state index contributed by atoms with van der Waals surface area (Å²) in [4.78, 5) is 8.60. The second-order valence-electron chi connectivity index (χ2n) is 7.08. The molecule has 0 saturated carbocycles. The molecule has 0 aromatic carbocycles. The van der Waals surface area contributed by atoms with E-state index in [1.54, 1.807) is 30.8 Å². The minimum absolute atomic E-state index is 0.383. The predicted molar refractivity (Wildman–Crippen MR) is 107 cm³/mol. The number of aryl methyl sites for hydroxylation is 1. The fourth-order valence-corrected chi connectivity index (χ4v) is 4.56. The van der Waals surface area contributed by atoms with Crippen molar-refractivity contribution in [2.45, 2.75) is 25.7 Å². The van der Waals surface area contributed by atoms with Crippen molar-refractivity contribution in [2.75, 3.05) is 32.5 Å². The summed E-state index contributed by atoms with van der Waals surface area (Å²) < 4.78 is 27.6. The Morgan fingerprint density at radius 1 is 1.19 bits per heavy atom. The molecule has 8 heteroatoms. The lowest BCUT2D eigenvalue weighted by molar-refractivity contribution is 0.246. The standard InChI is InChI=1S/C19H27N5O2S/c1-23(2)27(25,26)24-13-5-6-17(15-24)9-8-16-10-12-21-19(14-16)22-18-7-3-4-11-20-18/h3-4,7,10-12,14,17H,5-6,8-9,13,15H2,1-2H3,(H,20,21,22)/t17-/m0/s1. The number of hydrogen-bond acceptors (Lipinski definition) is 5. The first kappa shape index (κ1) is 19.7. The fourth-order valence-electron chi connectivity index (χ4n) is 3.34. The van der Waals surface area contributed by atoms with Crippen LogP contribution in [0.15, 0.2) is 42.7 Å². The van der Waals surface area contributed by atoms with Gasteiger partial charge in [-0.15, -0.1) is 0 Å². The third kappa shape index (κ3) is 5.24. The van der Waals surface area contributed by atoms with Gasteiger partial charge in [-0.3, -0.25) is 0 Å². The van der Waals surface area contributed by atoms with Crippen molar-refractivity contribution in [2.24, 2.45) is 5.92 Å². The maximum atomic E-state index is 12.4. The van der Waals surface area contributed by atoms with Gasteiger partial charge in [-0.05, 0) is 61.4 Å². The molecule has 3 rings (SSSR count). The molecule has 0 radical (unpaired) electrons. The van der Waals surface area contributed by atoms with Crippen molar-refractivity contribution in [3.63, 3.8) is 0 Å². The van der Waals surface area contributed by atoms with Crippen molar-refractivity contribution in [1.82, 2.24) is 18.6 Å². The highest BCUT2D eigenvalue weighted by atomic mass is 32.2. The number of nitrogens with zero attached hydrogens (tertiary/aromatic N) is 4. The van der Waals surface area contributed by atoms with Crippen molar-refractivity contribution >= 4 is 21.8 Å². The summed E-state index contributed by atoms with van der Waals surface area (Å²) in [7, 11) is -0.139. The zero-order valence-electron chi connectivity index (χ0n) is 15.9. The highest BCUT2D eigenvalue weighted by molar-refractivity contribution is 7.86. The highest BCUT2D eigenvalue weighted by Crippen LogP contribution is 2.24. The molecule has 0 amide bonds. The summed E-state index contributed by atoms with van der Waals surface area (Å²) in [6.45, 7) is 1.22. The molecular weight excluding hydrogens is 362 g/mol. The van der Waals surface area contributed by atoms with E-state index in [-0.39, 0.29) is 0 Å². The molecule has 0 spiro atoms.